The smallest absolute Gasteiger partial charge is 0.342 e. The van der Waals surface area contributed by atoms with Crippen molar-refractivity contribution in [3.8, 4) is 11.4 Å². The van der Waals surface area contributed by atoms with Gasteiger partial charge in [0.1, 0.15) is 11.3 Å². The standard InChI is InChI=1S/C28H36N4O4/c1-18(2)23-22(28(35)36-4)24(30-25(29-23)20-11-7-5-8-12-20)27(34)31-15-16-32(19(3)17-31)26(33)21-13-9-6-10-14-21/h5,7-8,11-12,18-19,21H,6,9-10,13-17H2,1-4H3. The van der Waals surface area contributed by atoms with Crippen LogP contribution in [0.4, 0.5) is 0 Å². The molecule has 0 radical (unpaired) electrons. The molecule has 1 unspecified atom stereocenters. The van der Waals surface area contributed by atoms with Crippen LogP contribution in [0.25, 0.3) is 11.4 Å². The van der Waals surface area contributed by atoms with Crippen molar-refractivity contribution in [1.82, 2.24) is 19.8 Å². The molecule has 0 N–H and O–H groups in total. The number of nitrogens with zero attached hydrogens (tertiary/aromatic N) is 4. The molecule has 4 rings (SSSR count). The molecule has 1 aromatic heterocycles. The molecule has 2 heterocycles. The van der Waals surface area contributed by atoms with Crippen molar-refractivity contribution in [2.45, 2.75) is 64.8 Å². The van der Waals surface area contributed by atoms with Gasteiger partial charge in [-0.25, -0.2) is 14.8 Å². The van der Waals surface area contributed by atoms with Gasteiger partial charge in [-0.15, -0.1) is 0 Å². The van der Waals surface area contributed by atoms with Crippen LogP contribution in [0, 0.1) is 5.92 Å². The molecule has 8 heteroatoms. The Hall–Kier alpha value is -3.29. The van der Waals surface area contributed by atoms with Crippen LogP contribution in [0.3, 0.4) is 0 Å². The van der Waals surface area contributed by atoms with Gasteiger partial charge in [-0.05, 0) is 25.7 Å². The highest BCUT2D eigenvalue weighted by atomic mass is 16.5. The lowest BCUT2D eigenvalue weighted by atomic mass is 9.87. The zero-order valence-electron chi connectivity index (χ0n) is 21.7. The van der Waals surface area contributed by atoms with Crippen molar-refractivity contribution in [3.05, 3.63) is 47.3 Å². The molecule has 1 saturated heterocycles. The maximum atomic E-state index is 13.8. The third-order valence-electron chi connectivity index (χ3n) is 7.26. The normalized spacial score (nSPS) is 18.9. The number of carbonyl (C=O) groups excluding carboxylic acids is 3. The molecule has 2 aromatic rings. The van der Waals surface area contributed by atoms with E-state index in [-0.39, 0.29) is 40.9 Å². The number of hydrogen-bond donors (Lipinski definition) is 0. The molecule has 36 heavy (non-hydrogen) atoms. The number of rotatable bonds is 5. The maximum absolute atomic E-state index is 13.8. The molecule has 0 spiro atoms. The third-order valence-corrected chi connectivity index (χ3v) is 7.26. The minimum Gasteiger partial charge on any atom is -0.465 e. The van der Waals surface area contributed by atoms with Crippen LogP contribution < -0.4 is 0 Å². The first-order valence-corrected chi connectivity index (χ1v) is 13.0. The lowest BCUT2D eigenvalue weighted by molar-refractivity contribution is -0.140. The summed E-state index contributed by atoms with van der Waals surface area (Å²) in [6.07, 6.45) is 5.32. The number of carbonyl (C=O) groups is 3. The molecular formula is C28H36N4O4. The van der Waals surface area contributed by atoms with Gasteiger partial charge >= 0.3 is 5.97 Å². The van der Waals surface area contributed by atoms with E-state index >= 15 is 0 Å². The molecule has 1 aliphatic carbocycles. The highest BCUT2D eigenvalue weighted by Crippen LogP contribution is 2.29. The van der Waals surface area contributed by atoms with Crippen molar-refractivity contribution in [1.29, 1.82) is 0 Å². The minimum absolute atomic E-state index is 0.0543. The fourth-order valence-electron chi connectivity index (χ4n) is 5.27. The number of aromatic nitrogens is 2. The summed E-state index contributed by atoms with van der Waals surface area (Å²) in [5.74, 6) is -0.387. The Labute approximate surface area is 213 Å². The van der Waals surface area contributed by atoms with Crippen LogP contribution in [-0.4, -0.2) is 70.3 Å². The number of hydrogen-bond acceptors (Lipinski definition) is 6. The van der Waals surface area contributed by atoms with Crippen LogP contribution in [0.1, 0.15) is 85.3 Å². The number of amides is 2. The topological polar surface area (TPSA) is 92.7 Å². The van der Waals surface area contributed by atoms with Crippen molar-refractivity contribution in [2.75, 3.05) is 26.7 Å². The number of piperazine rings is 1. The summed E-state index contributed by atoms with van der Waals surface area (Å²) in [7, 11) is 1.30. The Bertz CT molecular complexity index is 1110. The molecule has 0 bridgehead atoms. The van der Waals surface area contributed by atoms with Crippen LogP contribution in [0.2, 0.25) is 0 Å². The number of benzene rings is 1. The van der Waals surface area contributed by atoms with Crippen LogP contribution >= 0.6 is 0 Å². The second-order valence-electron chi connectivity index (χ2n) is 10.1. The molecule has 192 valence electrons. The van der Waals surface area contributed by atoms with Gasteiger partial charge in [-0.1, -0.05) is 63.4 Å². The Morgan fingerprint density at radius 3 is 2.31 bits per heavy atom. The van der Waals surface area contributed by atoms with E-state index < -0.39 is 5.97 Å². The molecule has 2 amide bonds. The number of esters is 1. The Morgan fingerprint density at radius 2 is 1.69 bits per heavy atom. The minimum atomic E-state index is -0.624. The summed E-state index contributed by atoms with van der Waals surface area (Å²) >= 11 is 0. The first-order chi connectivity index (χ1) is 17.3. The van der Waals surface area contributed by atoms with Crippen LogP contribution in [0.5, 0.6) is 0 Å². The summed E-state index contributed by atoms with van der Waals surface area (Å²) in [6.45, 7) is 7.09. The van der Waals surface area contributed by atoms with Crippen molar-refractivity contribution < 1.29 is 19.1 Å². The quantitative estimate of drug-likeness (QED) is 0.578. The molecule has 1 aliphatic heterocycles. The predicted octanol–water partition coefficient (Wildman–Crippen LogP) is 4.31. The lowest BCUT2D eigenvalue weighted by Gasteiger charge is -2.41. The van der Waals surface area contributed by atoms with E-state index in [9.17, 15) is 14.4 Å². The Morgan fingerprint density at radius 1 is 1.00 bits per heavy atom. The van der Waals surface area contributed by atoms with Gasteiger partial charge in [0.25, 0.3) is 5.91 Å². The number of methoxy groups -OCH3 is 1. The monoisotopic (exact) mass is 492 g/mol. The van der Waals surface area contributed by atoms with Gasteiger partial charge in [-0.2, -0.15) is 0 Å². The first-order valence-electron chi connectivity index (χ1n) is 13.0. The summed E-state index contributed by atoms with van der Waals surface area (Å²) in [4.78, 5) is 52.7. The molecular weight excluding hydrogens is 456 g/mol. The average Bonchev–Trinajstić information content (AvgIpc) is 2.92. The van der Waals surface area contributed by atoms with E-state index in [0.29, 0.717) is 31.2 Å². The van der Waals surface area contributed by atoms with Crippen LogP contribution in [0.15, 0.2) is 30.3 Å². The molecule has 8 nitrogen and oxygen atoms in total. The van der Waals surface area contributed by atoms with E-state index in [1.807, 2.05) is 56.0 Å². The summed E-state index contributed by atoms with van der Waals surface area (Å²) in [5.41, 5.74) is 1.42. The third kappa shape index (κ3) is 5.27. The summed E-state index contributed by atoms with van der Waals surface area (Å²) in [5, 5.41) is 0. The van der Waals surface area contributed by atoms with E-state index in [4.69, 9.17) is 4.74 Å². The molecule has 1 atom stereocenters. The van der Waals surface area contributed by atoms with E-state index in [1.54, 1.807) is 4.90 Å². The van der Waals surface area contributed by atoms with Gasteiger partial charge in [0, 0.05) is 37.2 Å². The summed E-state index contributed by atoms with van der Waals surface area (Å²) < 4.78 is 5.05. The zero-order chi connectivity index (χ0) is 25.8. The largest absolute Gasteiger partial charge is 0.465 e. The molecule has 1 saturated carbocycles. The molecule has 1 aromatic carbocycles. The Balaban J connectivity index is 1.65. The SMILES string of the molecule is COC(=O)c1c(C(=O)N2CCN(C(=O)C3CCCCC3)C(C)C2)nc(-c2ccccc2)nc1C(C)C. The maximum Gasteiger partial charge on any atom is 0.342 e. The number of ether oxygens (including phenoxy) is 1. The molecule has 2 aliphatic rings. The highest BCUT2D eigenvalue weighted by Gasteiger charge is 2.36. The average molecular weight is 493 g/mol. The van der Waals surface area contributed by atoms with Gasteiger partial charge in [-0.3, -0.25) is 9.59 Å². The van der Waals surface area contributed by atoms with Crippen LogP contribution in [-0.2, 0) is 9.53 Å². The van der Waals surface area contributed by atoms with Gasteiger partial charge in [0.15, 0.2) is 5.82 Å². The van der Waals surface area contributed by atoms with Crippen molar-refractivity contribution in [3.63, 3.8) is 0 Å². The summed E-state index contributed by atoms with van der Waals surface area (Å²) in [6, 6.07) is 9.31. The fourth-order valence-corrected chi connectivity index (χ4v) is 5.27. The first kappa shape index (κ1) is 25.8. The highest BCUT2D eigenvalue weighted by molar-refractivity contribution is 6.05. The fraction of sp³-hybridized carbons (Fsp3) is 0.536. The van der Waals surface area contributed by atoms with Gasteiger partial charge in [0.2, 0.25) is 5.91 Å². The predicted molar refractivity (Wildman–Crippen MR) is 137 cm³/mol. The van der Waals surface area contributed by atoms with Gasteiger partial charge < -0.3 is 14.5 Å². The van der Waals surface area contributed by atoms with Crippen molar-refractivity contribution in [2.24, 2.45) is 5.92 Å². The Kier molecular flexibility index (Phi) is 8.01. The van der Waals surface area contributed by atoms with Crippen molar-refractivity contribution >= 4 is 17.8 Å². The van der Waals surface area contributed by atoms with E-state index in [2.05, 4.69) is 9.97 Å². The lowest BCUT2D eigenvalue weighted by Crippen LogP contribution is -2.57. The van der Waals surface area contributed by atoms with E-state index in [0.717, 1.165) is 31.2 Å². The second-order valence-corrected chi connectivity index (χ2v) is 10.1. The second kappa shape index (κ2) is 11.2. The van der Waals surface area contributed by atoms with E-state index in [1.165, 1.54) is 13.5 Å². The zero-order valence-corrected chi connectivity index (χ0v) is 21.7. The van der Waals surface area contributed by atoms with Gasteiger partial charge in [0.05, 0.1) is 12.8 Å². The molecule has 2 fully saturated rings.